The van der Waals surface area contributed by atoms with Gasteiger partial charge in [-0.2, -0.15) is 4.98 Å². The molecule has 9 atom stereocenters. The molecule has 64 heavy (non-hydrogen) atoms. The number of nitrogens with zero attached hydrogens (tertiary/aromatic N) is 7. The van der Waals surface area contributed by atoms with Gasteiger partial charge < -0.3 is 29.0 Å². The van der Waals surface area contributed by atoms with E-state index in [1.807, 2.05) is 33.9 Å². The number of anilines is 2. The minimum absolute atomic E-state index is 0.101. The van der Waals surface area contributed by atoms with Crippen molar-refractivity contribution < 1.29 is 60.5 Å². The highest BCUT2D eigenvalue weighted by Crippen LogP contribution is 2.55. The lowest BCUT2D eigenvalue weighted by Gasteiger charge is -2.40. The second-order valence-electron chi connectivity index (χ2n) is 17.3. The Bertz CT molecular complexity index is 2730. The third-order valence-corrected chi connectivity index (χ3v) is 17.9. The van der Waals surface area contributed by atoms with Crippen molar-refractivity contribution in [1.29, 1.82) is 0 Å². The Morgan fingerprint density at radius 3 is 2.27 bits per heavy atom. The average Bonchev–Trinajstić information content (AvgIpc) is 4.01. The van der Waals surface area contributed by atoms with E-state index in [0.29, 0.717) is 5.56 Å². The highest BCUT2D eigenvalue weighted by molar-refractivity contribution is 7.47. The molecule has 8 rings (SSSR count). The van der Waals surface area contributed by atoms with Gasteiger partial charge in [0.1, 0.15) is 43.1 Å². The van der Waals surface area contributed by atoms with E-state index < -0.39 is 108 Å². The summed E-state index contributed by atoms with van der Waals surface area (Å²) in [7, 11) is -13.0. The molecule has 3 saturated heterocycles. The SMILES string of the molecule is CC(C)C(=O)Nc1nc2c(ncn2[C@@H]2O[C@@H]3COP(=O)(O)O[C@H]4C[C@H](n5cnc6c(NC(=O)c7ccccc7)ncnc65)O[C@@H]4COP(=O)(O)O[C@@H]2[C@@H]3O[Si](C)(C)C(C)(C)C)c(=O)[nH]1. The molecule has 3 aliphatic heterocycles. The number of phosphoric acid groups is 2. The molecule has 4 aromatic heterocycles. The number of amides is 2. The standard InChI is InChI=1S/C37H48N10O14P2Si/c1-19(2)32(48)44-36-43-31-26(34(50)45-36)41-18-47(31)35-28-27(61-64(6,7)37(3,4)5)23(58-35)15-56-62(51,52)59-21-13-24(57-22(21)14-55-63(53,54)60-28)46-17-40-25-29(38-16-39-30(25)46)42-33(49)20-11-9-8-10-12-20/h8-12,16-19,21-24,27-28,35H,13-15H2,1-7H3,(H,51,52)(H,53,54)(H,38,39,42,49)(H2,43,44,45,48,50)/t21-,22+,23+,24+,27+,28+,35+/m0/s1. The van der Waals surface area contributed by atoms with Crippen LogP contribution in [0, 0.1) is 5.92 Å². The van der Waals surface area contributed by atoms with Gasteiger partial charge in [-0.3, -0.25) is 51.9 Å². The van der Waals surface area contributed by atoms with Crippen molar-refractivity contribution in [2.75, 3.05) is 23.8 Å². The molecule has 3 fully saturated rings. The molecule has 1 aromatic carbocycles. The number of phosphoric ester groups is 2. The fourth-order valence-electron chi connectivity index (χ4n) is 7.05. The zero-order chi connectivity index (χ0) is 45.9. The topological polar surface area (TPSA) is 305 Å². The fraction of sp³-hybridized carbons (Fsp3) is 0.514. The third-order valence-electron chi connectivity index (χ3n) is 11.4. The summed E-state index contributed by atoms with van der Waals surface area (Å²) in [5.74, 6) is -1.42. The van der Waals surface area contributed by atoms with Crippen LogP contribution in [0.3, 0.4) is 0 Å². The van der Waals surface area contributed by atoms with Crippen LogP contribution >= 0.6 is 15.6 Å². The number of hydrogen-bond donors (Lipinski definition) is 5. The number of carbonyl (C=O) groups excluding carboxylic acids is 2. The first-order valence-electron chi connectivity index (χ1n) is 20.2. The van der Waals surface area contributed by atoms with Gasteiger partial charge in [0.05, 0.1) is 25.9 Å². The number of aromatic nitrogens is 8. The van der Waals surface area contributed by atoms with E-state index in [1.165, 1.54) is 28.1 Å². The molecule has 24 nitrogen and oxygen atoms in total. The van der Waals surface area contributed by atoms with Crippen LogP contribution in [0.5, 0.6) is 0 Å². The molecule has 0 spiro atoms. The first-order chi connectivity index (χ1) is 30.1. The molecule has 5 N–H and O–H groups in total. The van der Waals surface area contributed by atoms with Crippen molar-refractivity contribution >= 4 is 69.9 Å². The van der Waals surface area contributed by atoms with Crippen molar-refractivity contribution in [3.05, 3.63) is 65.2 Å². The molecule has 5 aromatic rings. The lowest BCUT2D eigenvalue weighted by molar-refractivity contribution is -0.118. The highest BCUT2D eigenvalue weighted by Gasteiger charge is 2.55. The summed E-state index contributed by atoms with van der Waals surface area (Å²) in [5, 5.41) is 4.85. The van der Waals surface area contributed by atoms with Crippen LogP contribution in [-0.2, 0) is 45.9 Å². The van der Waals surface area contributed by atoms with Gasteiger partial charge >= 0.3 is 15.6 Å². The van der Waals surface area contributed by atoms with Gasteiger partial charge in [0.15, 0.2) is 42.7 Å². The maximum absolute atomic E-state index is 14.1. The number of ether oxygens (including phenoxy) is 2. The molecule has 3 aliphatic rings. The van der Waals surface area contributed by atoms with Crippen molar-refractivity contribution in [1.82, 2.24) is 39.0 Å². The Morgan fingerprint density at radius 2 is 1.56 bits per heavy atom. The minimum Gasteiger partial charge on any atom is -0.408 e. The molecule has 2 unspecified atom stereocenters. The van der Waals surface area contributed by atoms with E-state index >= 15 is 0 Å². The van der Waals surface area contributed by atoms with Crippen molar-refractivity contribution in [3.8, 4) is 0 Å². The van der Waals surface area contributed by atoms with E-state index in [1.54, 1.807) is 44.2 Å². The zero-order valence-corrected chi connectivity index (χ0v) is 38.5. The largest absolute Gasteiger partial charge is 0.472 e. The summed E-state index contributed by atoms with van der Waals surface area (Å²) >= 11 is 0. The fourth-order valence-corrected chi connectivity index (χ4v) is 10.3. The smallest absolute Gasteiger partial charge is 0.408 e. The molecule has 2 bridgehead atoms. The second-order valence-corrected chi connectivity index (χ2v) is 24.8. The number of rotatable bonds is 8. The lowest BCUT2D eigenvalue weighted by Crippen LogP contribution is -2.50. The van der Waals surface area contributed by atoms with Crippen molar-refractivity contribution in [2.45, 2.75) is 102 Å². The molecule has 7 heterocycles. The van der Waals surface area contributed by atoms with Crippen molar-refractivity contribution in [2.24, 2.45) is 5.92 Å². The minimum atomic E-state index is -5.15. The summed E-state index contributed by atoms with van der Waals surface area (Å²) in [6, 6.07) is 8.48. The molecule has 0 radical (unpaired) electrons. The number of hydrogen-bond acceptors (Lipinski definition) is 17. The Hall–Kier alpha value is -4.62. The van der Waals surface area contributed by atoms with Crippen molar-refractivity contribution in [3.63, 3.8) is 0 Å². The van der Waals surface area contributed by atoms with Gasteiger partial charge in [0.25, 0.3) is 11.5 Å². The molecule has 0 aliphatic carbocycles. The van der Waals surface area contributed by atoms with Crippen LogP contribution in [0.2, 0.25) is 18.1 Å². The van der Waals surface area contributed by atoms with E-state index in [9.17, 15) is 33.3 Å². The number of nitrogens with one attached hydrogen (secondary N) is 3. The third kappa shape index (κ3) is 9.39. The Balaban J connectivity index is 1.11. The molecular weight excluding hydrogens is 898 g/mol. The van der Waals surface area contributed by atoms with Crippen LogP contribution in [0.1, 0.15) is 63.9 Å². The summed E-state index contributed by atoms with van der Waals surface area (Å²) < 4.78 is 73.0. The zero-order valence-electron chi connectivity index (χ0n) is 35.7. The van der Waals surface area contributed by atoms with Crippen LogP contribution < -0.4 is 16.2 Å². The van der Waals surface area contributed by atoms with Gasteiger partial charge in [-0.05, 0) is 30.3 Å². The van der Waals surface area contributed by atoms with E-state index in [0.717, 1.165) is 0 Å². The van der Waals surface area contributed by atoms with Crippen LogP contribution in [0.4, 0.5) is 11.8 Å². The first-order valence-corrected chi connectivity index (χ1v) is 26.1. The van der Waals surface area contributed by atoms with Crippen LogP contribution in [0.25, 0.3) is 22.3 Å². The Labute approximate surface area is 365 Å². The predicted molar refractivity (Wildman–Crippen MR) is 227 cm³/mol. The number of aromatic amines is 1. The second kappa shape index (κ2) is 17.3. The Kier molecular flexibility index (Phi) is 12.4. The van der Waals surface area contributed by atoms with Crippen LogP contribution in [-0.4, -0.2) is 113 Å². The number of H-pyrrole nitrogens is 1. The maximum atomic E-state index is 14.1. The summed E-state index contributed by atoms with van der Waals surface area (Å²) in [4.78, 5) is 85.3. The van der Waals surface area contributed by atoms with Gasteiger partial charge in [0.2, 0.25) is 11.9 Å². The van der Waals surface area contributed by atoms with Gasteiger partial charge in [-0.15, -0.1) is 0 Å². The number of carbonyl (C=O) groups is 2. The normalized spacial score (nSPS) is 29.2. The summed E-state index contributed by atoms with van der Waals surface area (Å²) in [6.45, 7) is 11.7. The lowest BCUT2D eigenvalue weighted by atomic mass is 10.1. The molecule has 0 saturated carbocycles. The van der Waals surface area contributed by atoms with Crippen LogP contribution in [0.15, 0.2) is 54.1 Å². The molecular formula is C37H48N10O14P2Si. The Morgan fingerprint density at radius 1 is 0.891 bits per heavy atom. The van der Waals surface area contributed by atoms with E-state index in [-0.39, 0.29) is 40.5 Å². The van der Waals surface area contributed by atoms with E-state index in [2.05, 4.69) is 40.5 Å². The maximum Gasteiger partial charge on any atom is 0.472 e. The highest BCUT2D eigenvalue weighted by atomic mass is 31.2. The summed E-state index contributed by atoms with van der Waals surface area (Å²) in [5.41, 5.74) is -0.155. The monoisotopic (exact) mass is 946 g/mol. The first kappa shape index (κ1) is 45.9. The quantitative estimate of drug-likeness (QED) is 0.106. The van der Waals surface area contributed by atoms with E-state index in [4.69, 9.17) is 32.0 Å². The molecule has 27 heteroatoms. The molecule has 344 valence electrons. The average molecular weight is 947 g/mol. The van der Waals surface area contributed by atoms with Gasteiger partial charge in [-0.25, -0.2) is 29.1 Å². The van der Waals surface area contributed by atoms with Gasteiger partial charge in [0, 0.05) is 17.9 Å². The summed E-state index contributed by atoms with van der Waals surface area (Å²) in [6.07, 6.45) is -5.38. The van der Waals surface area contributed by atoms with Gasteiger partial charge in [-0.1, -0.05) is 52.8 Å². The predicted octanol–water partition coefficient (Wildman–Crippen LogP) is 4.40. The number of fused-ring (bicyclic) bond motifs is 5. The molecule has 2 amide bonds. The number of imidazole rings is 2. The number of benzene rings is 1.